The van der Waals surface area contributed by atoms with Crippen molar-refractivity contribution >= 4 is 5.91 Å². The lowest BCUT2D eigenvalue weighted by Crippen LogP contribution is -2.47. The maximum absolute atomic E-state index is 12.3. The van der Waals surface area contributed by atoms with Crippen molar-refractivity contribution in [3.05, 3.63) is 23.2 Å². The van der Waals surface area contributed by atoms with Crippen molar-refractivity contribution < 1.29 is 9.21 Å². The van der Waals surface area contributed by atoms with E-state index in [1.54, 1.807) is 0 Å². The Morgan fingerprint density at radius 1 is 1.41 bits per heavy atom. The first-order chi connectivity index (χ1) is 8.09. The van der Waals surface area contributed by atoms with Crippen LogP contribution in [0.3, 0.4) is 0 Å². The summed E-state index contributed by atoms with van der Waals surface area (Å²) in [6.45, 7) is 9.19. The molecule has 1 N–H and O–H groups in total. The van der Waals surface area contributed by atoms with E-state index in [2.05, 4.69) is 5.32 Å². The lowest BCUT2D eigenvalue weighted by Gasteiger charge is -2.29. The molecule has 0 aromatic carbocycles. The zero-order valence-electron chi connectivity index (χ0n) is 10.7. The van der Waals surface area contributed by atoms with Crippen LogP contribution in [0.4, 0.5) is 0 Å². The lowest BCUT2D eigenvalue weighted by atomic mass is 10.00. The van der Waals surface area contributed by atoms with Gasteiger partial charge in [0.25, 0.3) is 0 Å². The summed E-state index contributed by atoms with van der Waals surface area (Å²) in [5.74, 6) is 1.83. The first-order valence-electron chi connectivity index (χ1n) is 6.16. The van der Waals surface area contributed by atoms with Crippen LogP contribution >= 0.6 is 0 Å². The monoisotopic (exact) mass is 236 g/mol. The second kappa shape index (κ2) is 4.92. The molecule has 0 saturated carbocycles. The molecule has 4 heteroatoms. The molecule has 1 unspecified atom stereocenters. The third-order valence-electron chi connectivity index (χ3n) is 3.34. The summed E-state index contributed by atoms with van der Waals surface area (Å²) in [7, 11) is 0. The Kier molecular flexibility index (Phi) is 3.52. The predicted molar refractivity (Wildman–Crippen MR) is 66.0 cm³/mol. The van der Waals surface area contributed by atoms with Gasteiger partial charge in [-0.25, -0.2) is 0 Å². The minimum atomic E-state index is -0.106. The summed E-state index contributed by atoms with van der Waals surface area (Å²) < 4.78 is 5.49. The number of aryl methyl sites for hydroxylation is 2. The van der Waals surface area contributed by atoms with E-state index in [0.717, 1.165) is 43.3 Å². The highest BCUT2D eigenvalue weighted by Gasteiger charge is 2.25. The number of nitrogens with one attached hydrogen (secondary N) is 1. The maximum Gasteiger partial charge on any atom is 0.230 e. The summed E-state index contributed by atoms with van der Waals surface area (Å²) in [5.41, 5.74) is 1.02. The molecule has 1 saturated heterocycles. The fourth-order valence-corrected chi connectivity index (χ4v) is 2.37. The van der Waals surface area contributed by atoms with Gasteiger partial charge in [-0.05, 0) is 26.8 Å². The van der Waals surface area contributed by atoms with Crippen molar-refractivity contribution in [3.63, 3.8) is 0 Å². The molecular weight excluding hydrogens is 216 g/mol. The van der Waals surface area contributed by atoms with Gasteiger partial charge in [0.1, 0.15) is 11.5 Å². The zero-order chi connectivity index (χ0) is 12.4. The summed E-state index contributed by atoms with van der Waals surface area (Å²) in [4.78, 5) is 14.2. The summed E-state index contributed by atoms with van der Waals surface area (Å²) in [6.07, 6.45) is 0. The first-order valence-corrected chi connectivity index (χ1v) is 6.16. The van der Waals surface area contributed by atoms with Gasteiger partial charge in [0.15, 0.2) is 0 Å². The van der Waals surface area contributed by atoms with Crippen LogP contribution < -0.4 is 5.32 Å². The largest absolute Gasteiger partial charge is 0.466 e. The molecule has 1 aromatic rings. The van der Waals surface area contributed by atoms with E-state index in [9.17, 15) is 4.79 Å². The molecule has 0 bridgehead atoms. The van der Waals surface area contributed by atoms with Crippen LogP contribution in [0.2, 0.25) is 0 Å². The van der Waals surface area contributed by atoms with Crippen molar-refractivity contribution in [3.8, 4) is 0 Å². The Morgan fingerprint density at radius 2 is 2.06 bits per heavy atom. The van der Waals surface area contributed by atoms with Crippen molar-refractivity contribution in [2.24, 2.45) is 0 Å². The Bertz CT molecular complexity index is 406. The molecule has 0 radical (unpaired) electrons. The van der Waals surface area contributed by atoms with Gasteiger partial charge in [-0.2, -0.15) is 0 Å². The molecule has 1 fully saturated rings. The fourth-order valence-electron chi connectivity index (χ4n) is 2.37. The van der Waals surface area contributed by atoms with E-state index in [1.807, 2.05) is 31.7 Å². The molecule has 94 valence electrons. The van der Waals surface area contributed by atoms with Crippen molar-refractivity contribution in [1.29, 1.82) is 0 Å². The molecule has 1 aromatic heterocycles. The van der Waals surface area contributed by atoms with Crippen LogP contribution in [0.15, 0.2) is 10.5 Å². The Balaban J connectivity index is 2.11. The molecule has 4 nitrogen and oxygen atoms in total. The second-order valence-electron chi connectivity index (χ2n) is 4.67. The van der Waals surface area contributed by atoms with E-state index >= 15 is 0 Å². The van der Waals surface area contributed by atoms with Crippen LogP contribution in [-0.2, 0) is 4.79 Å². The topological polar surface area (TPSA) is 45.5 Å². The minimum absolute atomic E-state index is 0.106. The van der Waals surface area contributed by atoms with E-state index in [0.29, 0.717) is 0 Å². The molecule has 0 aliphatic carbocycles. The number of carbonyl (C=O) groups is 1. The third-order valence-corrected chi connectivity index (χ3v) is 3.34. The standard InChI is InChI=1S/C13H20N2O2/c1-9-8-12(11(3)17-9)10(2)13(16)15-6-4-14-5-7-15/h8,10,14H,4-7H2,1-3H3. The number of carbonyl (C=O) groups excluding carboxylic acids is 1. The maximum atomic E-state index is 12.3. The Hall–Kier alpha value is -1.29. The molecule has 0 spiro atoms. The van der Waals surface area contributed by atoms with Gasteiger partial charge in [0.05, 0.1) is 5.92 Å². The number of furan rings is 1. The van der Waals surface area contributed by atoms with Crippen LogP contribution in [-0.4, -0.2) is 37.0 Å². The molecule has 1 aliphatic heterocycles. The number of piperazine rings is 1. The molecule has 1 aliphatic rings. The lowest BCUT2D eigenvalue weighted by molar-refractivity contribution is -0.133. The third kappa shape index (κ3) is 2.52. The molecule has 17 heavy (non-hydrogen) atoms. The minimum Gasteiger partial charge on any atom is -0.466 e. The zero-order valence-corrected chi connectivity index (χ0v) is 10.7. The van der Waals surface area contributed by atoms with Crippen LogP contribution in [0, 0.1) is 13.8 Å². The summed E-state index contributed by atoms with van der Waals surface area (Å²) in [5, 5.41) is 3.25. The molecule has 1 atom stereocenters. The Labute approximate surface area is 102 Å². The number of hydrogen-bond donors (Lipinski definition) is 1. The molecule has 1 amide bonds. The van der Waals surface area contributed by atoms with Crippen molar-refractivity contribution in [1.82, 2.24) is 10.2 Å². The quantitative estimate of drug-likeness (QED) is 0.845. The van der Waals surface area contributed by atoms with E-state index in [1.165, 1.54) is 0 Å². The fraction of sp³-hybridized carbons (Fsp3) is 0.615. The highest BCUT2D eigenvalue weighted by molar-refractivity contribution is 5.83. The van der Waals surface area contributed by atoms with Crippen molar-refractivity contribution in [2.45, 2.75) is 26.7 Å². The predicted octanol–water partition coefficient (Wildman–Crippen LogP) is 1.43. The number of nitrogens with zero attached hydrogens (tertiary/aromatic N) is 1. The van der Waals surface area contributed by atoms with Gasteiger partial charge in [0, 0.05) is 31.7 Å². The van der Waals surface area contributed by atoms with E-state index in [-0.39, 0.29) is 11.8 Å². The first kappa shape index (κ1) is 12.2. The average molecular weight is 236 g/mol. The number of hydrogen-bond acceptors (Lipinski definition) is 3. The van der Waals surface area contributed by atoms with Crippen LogP contribution in [0.5, 0.6) is 0 Å². The molecule has 2 rings (SSSR count). The van der Waals surface area contributed by atoms with Gasteiger partial charge >= 0.3 is 0 Å². The van der Waals surface area contributed by atoms with Crippen molar-refractivity contribution in [2.75, 3.05) is 26.2 Å². The summed E-state index contributed by atoms with van der Waals surface area (Å²) in [6, 6.07) is 1.97. The smallest absolute Gasteiger partial charge is 0.230 e. The highest BCUT2D eigenvalue weighted by atomic mass is 16.3. The number of rotatable bonds is 2. The summed E-state index contributed by atoms with van der Waals surface area (Å²) >= 11 is 0. The molecular formula is C13H20N2O2. The van der Waals surface area contributed by atoms with Gasteiger partial charge < -0.3 is 14.6 Å². The molecule has 2 heterocycles. The normalized spacial score (nSPS) is 18.2. The van der Waals surface area contributed by atoms with Gasteiger partial charge in [-0.3, -0.25) is 4.79 Å². The Morgan fingerprint density at radius 3 is 2.59 bits per heavy atom. The van der Waals surface area contributed by atoms with E-state index in [4.69, 9.17) is 4.42 Å². The van der Waals surface area contributed by atoms with Crippen LogP contribution in [0.1, 0.15) is 29.9 Å². The highest BCUT2D eigenvalue weighted by Crippen LogP contribution is 2.24. The van der Waals surface area contributed by atoms with Gasteiger partial charge in [0.2, 0.25) is 5.91 Å². The van der Waals surface area contributed by atoms with Crippen LogP contribution in [0.25, 0.3) is 0 Å². The van der Waals surface area contributed by atoms with Gasteiger partial charge in [-0.1, -0.05) is 0 Å². The second-order valence-corrected chi connectivity index (χ2v) is 4.67. The van der Waals surface area contributed by atoms with E-state index < -0.39 is 0 Å². The van der Waals surface area contributed by atoms with Gasteiger partial charge in [-0.15, -0.1) is 0 Å². The SMILES string of the molecule is Cc1cc(C(C)C(=O)N2CCNCC2)c(C)o1. The number of amides is 1. The average Bonchev–Trinajstić information content (AvgIpc) is 2.68.